The van der Waals surface area contributed by atoms with Crippen LogP contribution >= 0.6 is 0 Å². The molecule has 2 aromatic carbocycles. The van der Waals surface area contributed by atoms with Crippen molar-refractivity contribution in [2.45, 2.75) is 51.1 Å². The fourth-order valence-corrected chi connectivity index (χ4v) is 5.22. The second-order valence-electron chi connectivity index (χ2n) is 8.19. The van der Waals surface area contributed by atoms with Gasteiger partial charge in [0.1, 0.15) is 0 Å². The Balaban J connectivity index is 1.75. The zero-order chi connectivity index (χ0) is 22.8. The summed E-state index contributed by atoms with van der Waals surface area (Å²) in [6, 6.07) is 12.8. The number of rotatable bonds is 7. The number of carbonyl (C=O) groups excluding carboxylic acids is 2. The number of sulfonamides is 1. The van der Waals surface area contributed by atoms with Crippen molar-refractivity contribution in [2.24, 2.45) is 5.92 Å². The first-order chi connectivity index (χ1) is 14.6. The molecular formula is C23H28N2O5S. The number of hydrogen-bond donors (Lipinski definition) is 1. The summed E-state index contributed by atoms with van der Waals surface area (Å²) in [5.41, 5.74) is 1.70. The third-order valence-electron chi connectivity index (χ3n) is 5.49. The molecule has 1 N–H and O–H groups in total. The van der Waals surface area contributed by atoms with Crippen molar-refractivity contribution in [1.82, 2.24) is 5.32 Å². The standard InChI is InChI=1S/C23H28N2O5S/c1-15(2)17(4)24-22(26)14-30-23(27)19-9-7-10-20(13-19)31(28,29)25-16(3)12-18-8-5-6-11-21(18)25/h5-11,13,15-17H,12,14H2,1-4H3,(H,24,26)/t16-,17-/m0/s1. The maximum atomic E-state index is 13.3. The fourth-order valence-electron chi connectivity index (χ4n) is 3.48. The number of para-hydroxylation sites is 1. The van der Waals surface area contributed by atoms with E-state index in [2.05, 4.69) is 5.32 Å². The van der Waals surface area contributed by atoms with Crippen LogP contribution in [0.2, 0.25) is 0 Å². The molecule has 2 atom stereocenters. The summed E-state index contributed by atoms with van der Waals surface area (Å²) < 4.78 is 33.2. The van der Waals surface area contributed by atoms with Crippen molar-refractivity contribution < 1.29 is 22.7 Å². The first-order valence-corrected chi connectivity index (χ1v) is 11.7. The maximum absolute atomic E-state index is 13.3. The average molecular weight is 445 g/mol. The highest BCUT2D eigenvalue weighted by Gasteiger charge is 2.36. The summed E-state index contributed by atoms with van der Waals surface area (Å²) in [4.78, 5) is 24.4. The van der Waals surface area contributed by atoms with Crippen molar-refractivity contribution in [3.05, 3.63) is 59.7 Å². The summed E-state index contributed by atoms with van der Waals surface area (Å²) in [5.74, 6) is -0.903. The third-order valence-corrected chi connectivity index (χ3v) is 7.42. The third kappa shape index (κ3) is 4.90. The van der Waals surface area contributed by atoms with Gasteiger partial charge in [0.15, 0.2) is 6.61 Å². The molecule has 0 radical (unpaired) electrons. The Morgan fingerprint density at radius 3 is 2.55 bits per heavy atom. The van der Waals surface area contributed by atoms with Gasteiger partial charge in [-0.3, -0.25) is 9.10 Å². The first kappa shape index (κ1) is 22.8. The van der Waals surface area contributed by atoms with Crippen LogP contribution in [-0.2, 0) is 26.0 Å². The van der Waals surface area contributed by atoms with Gasteiger partial charge in [0.25, 0.3) is 15.9 Å². The summed E-state index contributed by atoms with van der Waals surface area (Å²) in [5, 5.41) is 2.75. The van der Waals surface area contributed by atoms with E-state index in [1.54, 1.807) is 12.1 Å². The lowest BCUT2D eigenvalue weighted by Gasteiger charge is -2.24. The second-order valence-corrected chi connectivity index (χ2v) is 10.0. The molecule has 8 heteroatoms. The van der Waals surface area contributed by atoms with Crippen molar-refractivity contribution in [2.75, 3.05) is 10.9 Å². The molecule has 1 aliphatic heterocycles. The molecule has 31 heavy (non-hydrogen) atoms. The van der Waals surface area contributed by atoms with E-state index in [0.717, 1.165) is 5.56 Å². The Morgan fingerprint density at radius 1 is 1.13 bits per heavy atom. The van der Waals surface area contributed by atoms with Gasteiger partial charge in [-0.05, 0) is 56.0 Å². The Labute approximate surface area is 183 Å². The maximum Gasteiger partial charge on any atom is 0.338 e. The predicted molar refractivity (Wildman–Crippen MR) is 118 cm³/mol. The van der Waals surface area contributed by atoms with Gasteiger partial charge >= 0.3 is 5.97 Å². The number of nitrogens with one attached hydrogen (secondary N) is 1. The normalized spacial score (nSPS) is 16.7. The highest BCUT2D eigenvalue weighted by molar-refractivity contribution is 7.92. The van der Waals surface area contributed by atoms with E-state index >= 15 is 0 Å². The van der Waals surface area contributed by atoms with Crippen molar-refractivity contribution in [3.63, 3.8) is 0 Å². The lowest BCUT2D eigenvalue weighted by Crippen LogP contribution is -2.38. The molecule has 1 amide bonds. The van der Waals surface area contributed by atoms with E-state index in [9.17, 15) is 18.0 Å². The number of carbonyl (C=O) groups is 2. The molecule has 0 aromatic heterocycles. The molecule has 1 heterocycles. The second kappa shape index (κ2) is 9.09. The minimum absolute atomic E-state index is 0.00313. The lowest BCUT2D eigenvalue weighted by atomic mass is 10.1. The molecule has 166 valence electrons. The molecule has 0 spiro atoms. The quantitative estimate of drug-likeness (QED) is 0.663. The minimum Gasteiger partial charge on any atom is -0.452 e. The van der Waals surface area contributed by atoms with Crippen LogP contribution in [0.5, 0.6) is 0 Å². The van der Waals surface area contributed by atoms with Gasteiger partial charge in [-0.2, -0.15) is 0 Å². The molecule has 0 aliphatic carbocycles. The van der Waals surface area contributed by atoms with Crippen LogP contribution in [0.25, 0.3) is 0 Å². The summed E-state index contributed by atoms with van der Waals surface area (Å²) >= 11 is 0. The first-order valence-electron chi connectivity index (χ1n) is 10.3. The fraction of sp³-hybridized carbons (Fsp3) is 0.391. The van der Waals surface area contributed by atoms with E-state index < -0.39 is 28.5 Å². The molecular weight excluding hydrogens is 416 g/mol. The number of fused-ring (bicyclic) bond motifs is 1. The van der Waals surface area contributed by atoms with Crippen LogP contribution in [0.3, 0.4) is 0 Å². The van der Waals surface area contributed by atoms with Gasteiger partial charge in [0, 0.05) is 12.1 Å². The number of benzene rings is 2. The lowest BCUT2D eigenvalue weighted by molar-refractivity contribution is -0.125. The van der Waals surface area contributed by atoms with E-state index in [1.165, 1.54) is 28.6 Å². The number of amides is 1. The summed E-state index contributed by atoms with van der Waals surface area (Å²) in [6.45, 7) is 7.25. The molecule has 2 aromatic rings. The van der Waals surface area contributed by atoms with Gasteiger partial charge in [-0.15, -0.1) is 0 Å². The van der Waals surface area contributed by atoms with Crippen LogP contribution in [0, 0.1) is 5.92 Å². The largest absolute Gasteiger partial charge is 0.452 e. The van der Waals surface area contributed by atoms with Crippen molar-refractivity contribution in [3.8, 4) is 0 Å². The zero-order valence-corrected chi connectivity index (χ0v) is 19.0. The Bertz CT molecular complexity index is 1080. The molecule has 0 bridgehead atoms. The smallest absolute Gasteiger partial charge is 0.338 e. The van der Waals surface area contributed by atoms with Crippen LogP contribution in [-0.4, -0.2) is 39.0 Å². The number of esters is 1. The van der Waals surface area contributed by atoms with Crippen LogP contribution in [0.15, 0.2) is 53.4 Å². The number of nitrogens with zero attached hydrogens (tertiary/aromatic N) is 1. The molecule has 0 saturated heterocycles. The summed E-state index contributed by atoms with van der Waals surface area (Å²) in [6.07, 6.45) is 0.626. The van der Waals surface area contributed by atoms with Gasteiger partial charge in [0.05, 0.1) is 16.1 Å². The van der Waals surface area contributed by atoms with Gasteiger partial charge in [-0.25, -0.2) is 13.2 Å². The minimum atomic E-state index is -3.87. The van der Waals surface area contributed by atoms with Crippen LogP contribution in [0.1, 0.15) is 43.6 Å². The zero-order valence-electron chi connectivity index (χ0n) is 18.2. The molecule has 3 rings (SSSR count). The van der Waals surface area contributed by atoms with E-state index in [1.807, 2.05) is 39.8 Å². The Kier molecular flexibility index (Phi) is 6.69. The van der Waals surface area contributed by atoms with Crippen LogP contribution in [0.4, 0.5) is 5.69 Å². The summed E-state index contributed by atoms with van der Waals surface area (Å²) in [7, 11) is -3.87. The van der Waals surface area contributed by atoms with Gasteiger partial charge in [-0.1, -0.05) is 38.1 Å². The average Bonchev–Trinajstić information content (AvgIpc) is 3.08. The predicted octanol–water partition coefficient (Wildman–Crippen LogP) is 3.14. The van der Waals surface area contributed by atoms with E-state index in [0.29, 0.717) is 12.1 Å². The number of anilines is 1. The number of hydrogen-bond acceptors (Lipinski definition) is 5. The van der Waals surface area contributed by atoms with Crippen LogP contribution < -0.4 is 9.62 Å². The molecule has 0 saturated carbocycles. The molecule has 0 fully saturated rings. The molecule has 7 nitrogen and oxygen atoms in total. The highest BCUT2D eigenvalue weighted by atomic mass is 32.2. The Hall–Kier alpha value is -2.87. The molecule has 0 unspecified atom stereocenters. The van der Waals surface area contributed by atoms with Gasteiger partial charge in [0.2, 0.25) is 0 Å². The topological polar surface area (TPSA) is 92.8 Å². The Morgan fingerprint density at radius 2 is 1.84 bits per heavy atom. The SMILES string of the molecule is CC(C)[C@H](C)NC(=O)COC(=O)c1cccc(S(=O)(=O)N2c3ccccc3C[C@@H]2C)c1. The van der Waals surface area contributed by atoms with Gasteiger partial charge < -0.3 is 10.1 Å². The van der Waals surface area contributed by atoms with Crippen molar-refractivity contribution >= 4 is 27.6 Å². The highest BCUT2D eigenvalue weighted by Crippen LogP contribution is 2.36. The monoisotopic (exact) mass is 444 g/mol. The van der Waals surface area contributed by atoms with E-state index in [4.69, 9.17) is 4.74 Å². The van der Waals surface area contributed by atoms with Crippen molar-refractivity contribution in [1.29, 1.82) is 0 Å². The van der Waals surface area contributed by atoms with E-state index in [-0.39, 0.29) is 28.5 Å². The molecule has 1 aliphatic rings. The number of ether oxygens (including phenoxy) is 1.